The highest BCUT2D eigenvalue weighted by atomic mass is 19.1. The average molecular weight is 675 g/mol. The predicted octanol–water partition coefficient (Wildman–Crippen LogP) is 9.08. The Hall–Kier alpha value is -5.08. The Morgan fingerprint density at radius 1 is 0.540 bits per heavy atom. The number of pyridine rings is 3. The highest BCUT2D eigenvalue weighted by molar-refractivity contribution is 5.47. The van der Waals surface area contributed by atoms with Gasteiger partial charge < -0.3 is 18.8 Å². The van der Waals surface area contributed by atoms with Gasteiger partial charge in [0.15, 0.2) is 0 Å². The van der Waals surface area contributed by atoms with E-state index in [4.69, 9.17) is 5.11 Å². The molecule has 1 N–H and O–H groups in total. The Morgan fingerprint density at radius 3 is 1.22 bits per heavy atom. The normalized spacial score (nSPS) is 10.7. The van der Waals surface area contributed by atoms with Gasteiger partial charge >= 0.3 is 0 Å². The first-order valence-corrected chi connectivity index (χ1v) is 17.0. The summed E-state index contributed by atoms with van der Waals surface area (Å²) >= 11 is 0. The number of alkyl halides is 1. The first-order chi connectivity index (χ1) is 23.8. The summed E-state index contributed by atoms with van der Waals surface area (Å²) in [6.45, 7) is 22.1. The van der Waals surface area contributed by atoms with E-state index in [0.717, 1.165) is 51.5 Å². The van der Waals surface area contributed by atoms with Gasteiger partial charge in [-0.15, -0.1) is 0 Å². The second-order valence-electron chi connectivity index (χ2n) is 12.9. The van der Waals surface area contributed by atoms with Crippen LogP contribution in [-0.2, 0) is 12.8 Å². The fourth-order valence-corrected chi connectivity index (χ4v) is 6.12. The van der Waals surface area contributed by atoms with Crippen LogP contribution in [0.2, 0.25) is 0 Å². The van der Waals surface area contributed by atoms with Crippen LogP contribution in [0.3, 0.4) is 0 Å². The van der Waals surface area contributed by atoms with E-state index in [1.807, 2.05) is 45.0 Å². The van der Waals surface area contributed by atoms with Gasteiger partial charge in [-0.25, -0.2) is 15.0 Å². The molecule has 0 aliphatic heterocycles. The molecule has 0 aromatic carbocycles. The van der Waals surface area contributed by atoms with E-state index >= 15 is 0 Å². The van der Waals surface area contributed by atoms with Crippen molar-refractivity contribution in [3.63, 3.8) is 0 Å². The van der Waals surface area contributed by atoms with Crippen molar-refractivity contribution in [3.8, 4) is 17.5 Å². The molecule has 6 aromatic rings. The van der Waals surface area contributed by atoms with Gasteiger partial charge in [-0.2, -0.15) is 0 Å². The quantitative estimate of drug-likeness (QED) is 0.175. The topological polar surface area (TPSA) is 73.7 Å². The van der Waals surface area contributed by atoms with Crippen molar-refractivity contribution in [2.75, 3.05) is 13.3 Å². The standard InChI is InChI=1S/C14H17FN2.C14H18N2O.C14H16N2/c1-10-8-13(6-7-15)16-14(9-10)17-11(2)4-5-12(17)3;1-10-8-13(6-7-17)15-14(9-10)16-11(2)4-5-12(16)3;1-5-13-8-10(2)9-14(15-13)16-11(3)6-7-12(16)4/h4-5,8-9H,6-7H2,1-3H3;4-5,8-9,17H,6-7H2,1-3H3;5-9H,1H2,2-4H3. The number of hydrogen-bond donors (Lipinski definition) is 1. The van der Waals surface area contributed by atoms with Crippen molar-refractivity contribution in [3.05, 3.63) is 147 Å². The van der Waals surface area contributed by atoms with Crippen molar-refractivity contribution in [1.29, 1.82) is 0 Å². The lowest BCUT2D eigenvalue weighted by molar-refractivity contribution is 0.298. The molecule has 0 aliphatic carbocycles. The molecule has 0 unspecified atom stereocenters. The molecule has 50 heavy (non-hydrogen) atoms. The van der Waals surface area contributed by atoms with Gasteiger partial charge in [0.2, 0.25) is 0 Å². The molecule has 0 bridgehead atoms. The lowest BCUT2D eigenvalue weighted by Gasteiger charge is -2.11. The third-order valence-electron chi connectivity index (χ3n) is 8.42. The lowest BCUT2D eigenvalue weighted by Crippen LogP contribution is -2.05. The number of hydrogen-bond acceptors (Lipinski definition) is 4. The molecule has 6 rings (SSSR count). The van der Waals surface area contributed by atoms with Crippen LogP contribution in [0.4, 0.5) is 4.39 Å². The van der Waals surface area contributed by atoms with Crippen molar-refractivity contribution in [2.45, 2.75) is 75.2 Å². The molecule has 0 amide bonds. The number of halogens is 1. The van der Waals surface area contributed by atoms with Gasteiger partial charge in [0.1, 0.15) is 17.5 Å². The monoisotopic (exact) mass is 674 g/mol. The molecule has 0 radical (unpaired) electrons. The van der Waals surface area contributed by atoms with Crippen LogP contribution in [0.15, 0.2) is 79.4 Å². The molecule has 0 aliphatic rings. The van der Waals surface area contributed by atoms with Gasteiger partial charge in [-0.3, -0.25) is 4.39 Å². The molecule has 0 fully saturated rings. The first-order valence-electron chi connectivity index (χ1n) is 17.0. The van der Waals surface area contributed by atoms with E-state index in [-0.39, 0.29) is 13.3 Å². The first kappa shape index (κ1) is 37.7. The lowest BCUT2D eigenvalue weighted by atomic mass is 10.2. The van der Waals surface area contributed by atoms with Crippen molar-refractivity contribution >= 4 is 6.08 Å². The molecule has 0 saturated heterocycles. The third-order valence-corrected chi connectivity index (χ3v) is 8.42. The molecule has 262 valence electrons. The van der Waals surface area contributed by atoms with Crippen LogP contribution in [-0.4, -0.2) is 47.0 Å². The number of rotatable bonds is 8. The van der Waals surface area contributed by atoms with Crippen LogP contribution in [0.5, 0.6) is 0 Å². The Bertz CT molecular complexity index is 1910. The smallest absolute Gasteiger partial charge is 0.137 e. The van der Waals surface area contributed by atoms with E-state index < -0.39 is 0 Å². The van der Waals surface area contributed by atoms with Gasteiger partial charge in [0.05, 0.1) is 12.4 Å². The fourth-order valence-electron chi connectivity index (χ4n) is 6.12. The molecular formula is C42H51FN6O. The Kier molecular flexibility index (Phi) is 12.9. The number of aromatic nitrogens is 6. The summed E-state index contributed by atoms with van der Waals surface area (Å²) in [5.41, 5.74) is 13.2. The van der Waals surface area contributed by atoms with Gasteiger partial charge in [-0.1, -0.05) is 6.58 Å². The van der Waals surface area contributed by atoms with Crippen molar-refractivity contribution in [2.24, 2.45) is 0 Å². The van der Waals surface area contributed by atoms with E-state index in [1.54, 1.807) is 6.08 Å². The van der Waals surface area contributed by atoms with Gasteiger partial charge in [-0.05, 0) is 158 Å². The Morgan fingerprint density at radius 2 is 0.880 bits per heavy atom. The summed E-state index contributed by atoms with van der Waals surface area (Å²) in [4.78, 5) is 13.7. The van der Waals surface area contributed by atoms with Gasteiger partial charge in [0, 0.05) is 65.0 Å². The van der Waals surface area contributed by atoms with Crippen LogP contribution < -0.4 is 0 Å². The van der Waals surface area contributed by atoms with Crippen LogP contribution >= 0.6 is 0 Å². The second-order valence-corrected chi connectivity index (χ2v) is 12.9. The predicted molar refractivity (Wildman–Crippen MR) is 204 cm³/mol. The zero-order valence-corrected chi connectivity index (χ0v) is 31.0. The summed E-state index contributed by atoms with van der Waals surface area (Å²) in [5, 5.41) is 8.99. The highest BCUT2D eigenvalue weighted by Gasteiger charge is 2.09. The molecule has 7 nitrogen and oxygen atoms in total. The van der Waals surface area contributed by atoms with Crippen molar-refractivity contribution in [1.82, 2.24) is 28.7 Å². The average Bonchev–Trinajstić information content (AvgIpc) is 3.70. The second kappa shape index (κ2) is 17.0. The molecule has 0 saturated carbocycles. The van der Waals surface area contributed by atoms with Crippen LogP contribution in [0.1, 0.15) is 67.9 Å². The zero-order valence-electron chi connectivity index (χ0n) is 31.0. The minimum absolute atomic E-state index is 0.138. The summed E-state index contributed by atoms with van der Waals surface area (Å²) in [6, 6.07) is 24.7. The van der Waals surface area contributed by atoms with E-state index in [2.05, 4.69) is 125 Å². The number of aliphatic hydroxyl groups excluding tert-OH is 1. The highest BCUT2D eigenvalue weighted by Crippen LogP contribution is 2.19. The van der Waals surface area contributed by atoms with Crippen LogP contribution in [0.25, 0.3) is 23.5 Å². The molecule has 8 heteroatoms. The summed E-state index contributed by atoms with van der Waals surface area (Å²) in [7, 11) is 0. The SMILES string of the molecule is C=Cc1cc(C)cc(-n2c(C)ccc2C)n1.Cc1cc(CCF)nc(-n2c(C)ccc2C)c1.Cc1cc(CCO)nc(-n2c(C)ccc2C)c1. The summed E-state index contributed by atoms with van der Waals surface area (Å²) in [6.07, 6.45) is 2.77. The summed E-state index contributed by atoms with van der Waals surface area (Å²) in [5.74, 6) is 2.79. The summed E-state index contributed by atoms with van der Waals surface area (Å²) < 4.78 is 18.8. The Balaban J connectivity index is 0.000000169. The zero-order chi connectivity index (χ0) is 36.5. The largest absolute Gasteiger partial charge is 0.396 e. The maximum absolute atomic E-state index is 12.4. The van der Waals surface area contributed by atoms with Crippen LogP contribution in [0, 0.1) is 62.3 Å². The minimum Gasteiger partial charge on any atom is -0.396 e. The number of nitrogens with zero attached hydrogens (tertiary/aromatic N) is 6. The maximum Gasteiger partial charge on any atom is 0.137 e. The number of aryl methyl sites for hydroxylation is 10. The minimum atomic E-state index is -0.362. The fraction of sp³-hybridized carbons (Fsp3) is 0.310. The molecular weight excluding hydrogens is 624 g/mol. The molecule has 0 atom stereocenters. The molecule has 6 heterocycles. The molecule has 6 aromatic heterocycles. The van der Waals surface area contributed by atoms with Gasteiger partial charge in [0.25, 0.3) is 0 Å². The Labute approximate surface area is 296 Å². The van der Waals surface area contributed by atoms with E-state index in [0.29, 0.717) is 12.8 Å². The number of aliphatic hydroxyl groups is 1. The van der Waals surface area contributed by atoms with E-state index in [9.17, 15) is 4.39 Å². The van der Waals surface area contributed by atoms with E-state index in [1.165, 1.54) is 33.9 Å². The maximum atomic E-state index is 12.4. The third kappa shape index (κ3) is 9.33. The molecule has 0 spiro atoms. The van der Waals surface area contributed by atoms with Crippen molar-refractivity contribution < 1.29 is 9.50 Å².